The van der Waals surface area contributed by atoms with E-state index in [0.29, 0.717) is 23.8 Å². The maximum Gasteiger partial charge on any atom is 0.213 e. The second-order valence-corrected chi connectivity index (χ2v) is 9.37. The van der Waals surface area contributed by atoms with Crippen molar-refractivity contribution in [3.63, 3.8) is 0 Å². The van der Waals surface area contributed by atoms with Crippen LogP contribution in [0.1, 0.15) is 50.2 Å². The average Bonchev–Trinajstić information content (AvgIpc) is 3.77. The third-order valence-corrected chi connectivity index (χ3v) is 6.99. The Morgan fingerprint density at radius 2 is 2.00 bits per heavy atom. The number of nitrogens with two attached hydrogens (primary N) is 1. The number of ether oxygens (including phenoxy) is 3. The first-order valence-electron chi connectivity index (χ1n) is 11.8. The van der Waals surface area contributed by atoms with Gasteiger partial charge in [0.05, 0.1) is 18.9 Å². The number of hydrogen-bond donors (Lipinski definition) is 2. The van der Waals surface area contributed by atoms with Crippen molar-refractivity contribution in [2.75, 3.05) is 19.5 Å². The molecule has 2 saturated carbocycles. The molecule has 6 rings (SSSR count). The highest BCUT2D eigenvalue weighted by atomic mass is 16.6. The van der Waals surface area contributed by atoms with Gasteiger partial charge >= 0.3 is 0 Å². The molecule has 33 heavy (non-hydrogen) atoms. The van der Waals surface area contributed by atoms with E-state index < -0.39 is 0 Å². The number of nitrogen functional groups attached to an aromatic ring is 1. The Morgan fingerprint density at radius 1 is 1.15 bits per heavy atom. The number of anilines is 1. The first kappa shape index (κ1) is 20.8. The van der Waals surface area contributed by atoms with Crippen molar-refractivity contribution < 1.29 is 14.2 Å². The van der Waals surface area contributed by atoms with Gasteiger partial charge in [0, 0.05) is 36.0 Å². The van der Waals surface area contributed by atoms with Crippen LogP contribution in [0.15, 0.2) is 30.7 Å². The molecule has 174 valence electrons. The molecule has 0 radical (unpaired) electrons. The molecule has 3 N–H and O–H groups in total. The summed E-state index contributed by atoms with van der Waals surface area (Å²) < 4.78 is 19.3. The van der Waals surface area contributed by atoms with Crippen LogP contribution in [0.4, 0.5) is 5.82 Å². The zero-order valence-electron chi connectivity index (χ0n) is 18.8. The highest BCUT2D eigenvalue weighted by Crippen LogP contribution is 2.43. The number of aromatic nitrogens is 4. The minimum Gasteiger partial charge on any atom is -0.481 e. The lowest BCUT2D eigenvalue weighted by molar-refractivity contribution is 0.0157. The lowest BCUT2D eigenvalue weighted by atomic mass is 9.93. The van der Waals surface area contributed by atoms with Crippen LogP contribution >= 0.6 is 0 Å². The van der Waals surface area contributed by atoms with Gasteiger partial charge < -0.3 is 19.9 Å². The largest absolute Gasteiger partial charge is 0.481 e. The second-order valence-electron chi connectivity index (χ2n) is 9.37. The molecule has 9 nitrogen and oxygen atoms in total. The number of pyridine rings is 1. The lowest BCUT2D eigenvalue weighted by Gasteiger charge is -2.29. The molecule has 0 amide bonds. The summed E-state index contributed by atoms with van der Waals surface area (Å²) in [6.45, 7) is 0.952. The van der Waals surface area contributed by atoms with Gasteiger partial charge in [-0.2, -0.15) is 5.10 Å². The van der Waals surface area contributed by atoms with E-state index in [-0.39, 0.29) is 12.3 Å². The first-order valence-corrected chi connectivity index (χ1v) is 11.8. The Balaban J connectivity index is 1.16. The van der Waals surface area contributed by atoms with Gasteiger partial charge in [0.1, 0.15) is 24.2 Å². The van der Waals surface area contributed by atoms with Crippen LogP contribution in [0.3, 0.4) is 0 Å². The van der Waals surface area contributed by atoms with Crippen LogP contribution in [-0.2, 0) is 9.47 Å². The van der Waals surface area contributed by atoms with Crippen LogP contribution < -0.4 is 15.8 Å². The normalized spacial score (nSPS) is 27.1. The van der Waals surface area contributed by atoms with E-state index in [1.54, 1.807) is 13.3 Å². The predicted molar refractivity (Wildman–Crippen MR) is 123 cm³/mol. The molecule has 1 saturated heterocycles. The highest BCUT2D eigenvalue weighted by Gasteiger charge is 2.44. The molecule has 1 aliphatic heterocycles. The summed E-state index contributed by atoms with van der Waals surface area (Å²) in [5, 5.41) is 8.15. The molecule has 2 unspecified atom stereocenters. The molecule has 3 aromatic rings. The van der Waals surface area contributed by atoms with Crippen molar-refractivity contribution in [3.05, 3.63) is 36.3 Å². The summed E-state index contributed by atoms with van der Waals surface area (Å²) in [6, 6.07) is 6.35. The number of methoxy groups -OCH3 is 1. The molecule has 9 heteroatoms. The van der Waals surface area contributed by atoms with Crippen molar-refractivity contribution in [2.24, 2.45) is 5.92 Å². The van der Waals surface area contributed by atoms with E-state index >= 15 is 0 Å². The molecule has 2 atom stereocenters. The van der Waals surface area contributed by atoms with Crippen molar-refractivity contribution in [3.8, 4) is 17.1 Å². The smallest absolute Gasteiger partial charge is 0.213 e. The Kier molecular flexibility index (Phi) is 5.40. The molecule has 2 aliphatic carbocycles. The zero-order chi connectivity index (χ0) is 22.4. The van der Waals surface area contributed by atoms with E-state index in [4.69, 9.17) is 19.9 Å². The third-order valence-electron chi connectivity index (χ3n) is 6.99. The topological polar surface area (TPSA) is 112 Å². The van der Waals surface area contributed by atoms with Crippen LogP contribution in [0, 0.1) is 5.92 Å². The van der Waals surface area contributed by atoms with Gasteiger partial charge in [-0.15, -0.1) is 0 Å². The van der Waals surface area contributed by atoms with Crippen LogP contribution in [-0.4, -0.2) is 51.7 Å². The van der Waals surface area contributed by atoms with Crippen LogP contribution in [0.2, 0.25) is 0 Å². The van der Waals surface area contributed by atoms with Gasteiger partial charge in [0.2, 0.25) is 5.88 Å². The summed E-state index contributed by atoms with van der Waals surface area (Å²) in [4.78, 5) is 8.43. The Morgan fingerprint density at radius 3 is 2.79 bits per heavy atom. The Labute approximate surface area is 192 Å². The molecule has 4 heterocycles. The van der Waals surface area contributed by atoms with E-state index in [2.05, 4.69) is 26.4 Å². The minimum absolute atomic E-state index is 0.0236. The summed E-state index contributed by atoms with van der Waals surface area (Å²) in [6.07, 6.45) is 10.7. The summed E-state index contributed by atoms with van der Waals surface area (Å²) in [5.74, 6) is 1.81. The molecule has 0 bridgehead atoms. The Bertz CT molecular complexity index is 1140. The number of rotatable bonds is 8. The van der Waals surface area contributed by atoms with E-state index in [0.717, 1.165) is 60.5 Å². The fourth-order valence-corrected chi connectivity index (χ4v) is 4.86. The van der Waals surface area contributed by atoms with Crippen molar-refractivity contribution in [2.45, 2.75) is 63.0 Å². The number of epoxide rings is 1. The van der Waals surface area contributed by atoms with Gasteiger partial charge in [0.25, 0.3) is 0 Å². The molecular weight excluding hydrogens is 420 g/mol. The fourth-order valence-electron chi connectivity index (χ4n) is 4.86. The average molecular weight is 451 g/mol. The third kappa shape index (κ3) is 4.28. The van der Waals surface area contributed by atoms with Crippen LogP contribution in [0.25, 0.3) is 16.8 Å². The summed E-state index contributed by atoms with van der Waals surface area (Å²) in [5.41, 5.74) is 9.90. The minimum atomic E-state index is -0.0744. The molecule has 3 fully saturated rings. The maximum atomic E-state index is 6.27. The number of nitrogens with one attached hydrogen (secondary N) is 1. The van der Waals surface area contributed by atoms with E-state index in [1.807, 2.05) is 16.6 Å². The Hall–Kier alpha value is -2.75. The van der Waals surface area contributed by atoms with Crippen molar-refractivity contribution >= 4 is 11.3 Å². The quantitative estimate of drug-likeness (QED) is 0.504. The number of nitrogens with zero attached hydrogens (tertiary/aromatic N) is 4. The molecular formula is C24H30N6O3. The van der Waals surface area contributed by atoms with E-state index in [1.165, 1.54) is 19.2 Å². The van der Waals surface area contributed by atoms with Crippen molar-refractivity contribution in [1.29, 1.82) is 0 Å². The maximum absolute atomic E-state index is 6.27. The standard InChI is InChI=1S/C24H30N6O3/c1-31-20-10-15(8-9-26-20)19-11-18(21-23(25)27-13-28-30(19)21)22-24(33-22)29-16-4-6-17(7-5-16)32-12-14-2-3-14/h8-11,13-14,16-17,22,24,29H,2-7,12H2,1H3,(H2,25,27,28). The highest BCUT2D eigenvalue weighted by molar-refractivity contribution is 5.78. The van der Waals surface area contributed by atoms with Gasteiger partial charge in [-0.05, 0) is 56.6 Å². The number of fused-ring (bicyclic) bond motifs is 1. The van der Waals surface area contributed by atoms with Gasteiger partial charge in [-0.3, -0.25) is 5.32 Å². The van der Waals surface area contributed by atoms with Gasteiger partial charge in [-0.25, -0.2) is 14.5 Å². The molecule has 3 aromatic heterocycles. The fraction of sp³-hybridized carbons (Fsp3) is 0.542. The van der Waals surface area contributed by atoms with Gasteiger partial charge in [0.15, 0.2) is 5.82 Å². The summed E-state index contributed by atoms with van der Waals surface area (Å²) >= 11 is 0. The SMILES string of the molecule is COc1cc(-c2cc(C3OC3NC3CCC(OCC4CC4)CC3)c3c(N)ncnn23)ccn1. The molecule has 3 aliphatic rings. The van der Waals surface area contributed by atoms with Crippen LogP contribution in [0.5, 0.6) is 5.88 Å². The summed E-state index contributed by atoms with van der Waals surface area (Å²) in [7, 11) is 1.61. The predicted octanol–water partition coefficient (Wildman–Crippen LogP) is 3.11. The molecule has 0 aromatic carbocycles. The first-order chi connectivity index (χ1) is 16.2. The zero-order valence-corrected chi connectivity index (χ0v) is 18.8. The lowest BCUT2D eigenvalue weighted by Crippen LogP contribution is -2.37. The van der Waals surface area contributed by atoms with Gasteiger partial charge in [-0.1, -0.05) is 0 Å². The number of hydrogen-bond acceptors (Lipinski definition) is 8. The second kappa shape index (κ2) is 8.55. The van der Waals surface area contributed by atoms with E-state index in [9.17, 15) is 0 Å². The monoisotopic (exact) mass is 450 g/mol. The molecule has 0 spiro atoms. The van der Waals surface area contributed by atoms with Crippen molar-refractivity contribution in [1.82, 2.24) is 24.9 Å².